The minimum atomic E-state index is 0.144. The van der Waals surface area contributed by atoms with Gasteiger partial charge in [0.25, 0.3) is 0 Å². The molecule has 3 rings (SSSR count). The second-order valence-corrected chi connectivity index (χ2v) is 7.17. The minimum Gasteiger partial charge on any atom is -0.359 e. The summed E-state index contributed by atoms with van der Waals surface area (Å²) in [6.45, 7) is 2.77. The number of benzene rings is 2. The van der Waals surface area contributed by atoms with Gasteiger partial charge < -0.3 is 15.5 Å². The molecule has 0 aliphatic carbocycles. The van der Waals surface area contributed by atoms with Gasteiger partial charge in [-0.15, -0.1) is 0 Å². The zero-order valence-corrected chi connectivity index (χ0v) is 16.4. The van der Waals surface area contributed by atoms with Gasteiger partial charge in [0, 0.05) is 40.2 Å². The molecule has 144 valence electrons. The Morgan fingerprint density at radius 1 is 1.15 bits per heavy atom. The zero-order valence-electron chi connectivity index (χ0n) is 16.4. The number of carbonyl (C=O) groups excluding carboxylic acids is 1. The fourth-order valence-electron chi connectivity index (χ4n) is 3.86. The quantitative estimate of drug-likeness (QED) is 0.632. The lowest BCUT2D eigenvalue weighted by Gasteiger charge is -2.34. The maximum atomic E-state index is 11.6. The highest BCUT2D eigenvalue weighted by atomic mass is 16.1. The third-order valence-electron chi connectivity index (χ3n) is 5.44. The highest BCUT2D eigenvalue weighted by Gasteiger charge is 2.22. The molecule has 0 saturated carbocycles. The molecule has 1 fully saturated rings. The largest absolute Gasteiger partial charge is 0.359 e. The Morgan fingerprint density at radius 2 is 1.89 bits per heavy atom. The van der Waals surface area contributed by atoms with E-state index < -0.39 is 0 Å². The van der Waals surface area contributed by atoms with E-state index in [0.29, 0.717) is 12.3 Å². The Hall–Kier alpha value is -2.56. The molecule has 1 saturated heterocycles. The number of guanidine groups is 1. The van der Waals surface area contributed by atoms with Crippen molar-refractivity contribution in [1.29, 1.82) is 0 Å². The van der Waals surface area contributed by atoms with Gasteiger partial charge in [-0.1, -0.05) is 42.5 Å². The van der Waals surface area contributed by atoms with Gasteiger partial charge in [0.1, 0.15) is 0 Å². The van der Waals surface area contributed by atoms with Crippen LogP contribution < -0.4 is 10.6 Å². The Kier molecular flexibility index (Phi) is 6.69. The monoisotopic (exact) mass is 366 g/mol. The number of aliphatic imine (C=N–C) groups is 1. The summed E-state index contributed by atoms with van der Waals surface area (Å²) in [7, 11) is 3.55. The van der Waals surface area contributed by atoms with Gasteiger partial charge in [0.05, 0.1) is 0 Å². The van der Waals surface area contributed by atoms with E-state index in [1.54, 1.807) is 7.05 Å². The summed E-state index contributed by atoms with van der Waals surface area (Å²) < 4.78 is 0. The van der Waals surface area contributed by atoms with E-state index in [4.69, 9.17) is 0 Å². The maximum absolute atomic E-state index is 11.6. The molecule has 0 radical (unpaired) electrons. The number of rotatable bonds is 5. The molecule has 5 nitrogen and oxygen atoms in total. The van der Waals surface area contributed by atoms with Crippen LogP contribution in [0.25, 0.3) is 10.8 Å². The lowest BCUT2D eigenvalue weighted by molar-refractivity contribution is -0.121. The first kappa shape index (κ1) is 19.2. The van der Waals surface area contributed by atoms with E-state index in [1.807, 2.05) is 7.05 Å². The van der Waals surface area contributed by atoms with Crippen LogP contribution in [0.5, 0.6) is 0 Å². The van der Waals surface area contributed by atoms with E-state index in [1.165, 1.54) is 16.3 Å². The van der Waals surface area contributed by atoms with Gasteiger partial charge in [-0.25, -0.2) is 0 Å². The second kappa shape index (κ2) is 9.40. The van der Waals surface area contributed by atoms with Crippen molar-refractivity contribution in [2.75, 3.05) is 33.7 Å². The van der Waals surface area contributed by atoms with Crippen molar-refractivity contribution < 1.29 is 4.79 Å². The Balaban J connectivity index is 1.51. The van der Waals surface area contributed by atoms with Crippen LogP contribution >= 0.6 is 0 Å². The van der Waals surface area contributed by atoms with Crippen LogP contribution in [0.2, 0.25) is 0 Å². The van der Waals surface area contributed by atoms with Crippen LogP contribution in [-0.4, -0.2) is 50.5 Å². The Bertz CT molecular complexity index is 789. The zero-order chi connectivity index (χ0) is 19.1. The summed E-state index contributed by atoms with van der Waals surface area (Å²) in [5, 5.41) is 8.86. The van der Waals surface area contributed by atoms with E-state index in [2.05, 4.69) is 63.0 Å². The van der Waals surface area contributed by atoms with Crippen LogP contribution in [0.15, 0.2) is 47.5 Å². The van der Waals surface area contributed by atoms with Gasteiger partial charge in [-0.05, 0) is 41.5 Å². The third-order valence-corrected chi connectivity index (χ3v) is 5.44. The molecule has 0 bridgehead atoms. The average molecular weight is 367 g/mol. The molecule has 2 aromatic rings. The highest BCUT2D eigenvalue weighted by molar-refractivity contribution is 5.86. The average Bonchev–Trinajstić information content (AvgIpc) is 2.72. The summed E-state index contributed by atoms with van der Waals surface area (Å²) in [5.74, 6) is 1.59. The smallest absolute Gasteiger partial charge is 0.220 e. The summed E-state index contributed by atoms with van der Waals surface area (Å²) >= 11 is 0. The molecule has 0 aromatic heterocycles. The van der Waals surface area contributed by atoms with Gasteiger partial charge >= 0.3 is 0 Å². The summed E-state index contributed by atoms with van der Waals surface area (Å²) in [6, 6.07) is 15.0. The number of amides is 1. The van der Waals surface area contributed by atoms with Crippen molar-refractivity contribution in [1.82, 2.24) is 15.5 Å². The molecule has 1 aliphatic heterocycles. The molecule has 0 spiro atoms. The third kappa shape index (κ3) is 5.00. The lowest BCUT2D eigenvalue weighted by atomic mass is 9.93. The molecule has 1 amide bonds. The molecular formula is C22H30N4O. The van der Waals surface area contributed by atoms with Crippen molar-refractivity contribution in [2.45, 2.75) is 25.7 Å². The van der Waals surface area contributed by atoms with Gasteiger partial charge in [-0.2, -0.15) is 0 Å². The van der Waals surface area contributed by atoms with Crippen molar-refractivity contribution in [3.8, 4) is 0 Å². The van der Waals surface area contributed by atoms with Crippen LogP contribution in [-0.2, 0) is 11.2 Å². The SMILES string of the molecule is CN=C(NCCc1cccc2ccccc12)N1CCC(CC(=O)NC)CC1. The minimum absolute atomic E-state index is 0.144. The van der Waals surface area contributed by atoms with Crippen LogP contribution in [0.3, 0.4) is 0 Å². The molecule has 2 N–H and O–H groups in total. The molecule has 27 heavy (non-hydrogen) atoms. The normalized spacial score (nSPS) is 15.8. The number of hydrogen-bond donors (Lipinski definition) is 2. The van der Waals surface area contributed by atoms with E-state index in [-0.39, 0.29) is 5.91 Å². The fraction of sp³-hybridized carbons (Fsp3) is 0.455. The summed E-state index contributed by atoms with van der Waals surface area (Å²) in [6.07, 6.45) is 3.68. The molecule has 1 aliphatic rings. The number of nitrogens with zero attached hydrogens (tertiary/aromatic N) is 2. The van der Waals surface area contributed by atoms with Gasteiger partial charge in [-0.3, -0.25) is 9.79 Å². The standard InChI is InChI=1S/C22H30N4O/c1-23-21(27)16-17-11-14-26(15-12-17)22(24-2)25-13-10-19-8-5-7-18-6-3-4-9-20(18)19/h3-9,17H,10-16H2,1-2H3,(H,23,27)(H,24,25). The first-order chi connectivity index (χ1) is 13.2. The van der Waals surface area contributed by atoms with E-state index in [0.717, 1.165) is 44.9 Å². The number of likely N-dealkylation sites (tertiary alicyclic amines) is 1. The first-order valence-corrected chi connectivity index (χ1v) is 9.84. The summed E-state index contributed by atoms with van der Waals surface area (Å²) in [5.41, 5.74) is 1.36. The molecule has 0 atom stereocenters. The van der Waals surface area contributed by atoms with Crippen LogP contribution in [0.4, 0.5) is 0 Å². The lowest BCUT2D eigenvalue weighted by Crippen LogP contribution is -2.46. The molecule has 5 heteroatoms. The first-order valence-electron chi connectivity index (χ1n) is 9.84. The number of nitrogens with one attached hydrogen (secondary N) is 2. The van der Waals surface area contributed by atoms with Crippen LogP contribution in [0, 0.1) is 5.92 Å². The van der Waals surface area contributed by atoms with Crippen LogP contribution in [0.1, 0.15) is 24.8 Å². The van der Waals surface area contributed by atoms with Crippen molar-refractivity contribution in [3.63, 3.8) is 0 Å². The molecule has 0 unspecified atom stereocenters. The number of carbonyl (C=O) groups is 1. The maximum Gasteiger partial charge on any atom is 0.220 e. The predicted octanol–water partition coefficient (Wildman–Crippen LogP) is 2.81. The Morgan fingerprint density at radius 3 is 2.63 bits per heavy atom. The van der Waals surface area contributed by atoms with Crippen molar-refractivity contribution in [3.05, 3.63) is 48.0 Å². The topological polar surface area (TPSA) is 56.7 Å². The van der Waals surface area contributed by atoms with Crippen molar-refractivity contribution in [2.24, 2.45) is 10.9 Å². The predicted molar refractivity (Wildman–Crippen MR) is 112 cm³/mol. The van der Waals surface area contributed by atoms with Gasteiger partial charge in [0.15, 0.2) is 5.96 Å². The van der Waals surface area contributed by atoms with Crippen molar-refractivity contribution >= 4 is 22.6 Å². The molecular weight excluding hydrogens is 336 g/mol. The number of hydrogen-bond acceptors (Lipinski definition) is 2. The fourth-order valence-corrected chi connectivity index (χ4v) is 3.86. The van der Waals surface area contributed by atoms with Gasteiger partial charge in [0.2, 0.25) is 5.91 Å². The highest BCUT2D eigenvalue weighted by Crippen LogP contribution is 2.21. The molecule has 2 aromatic carbocycles. The second-order valence-electron chi connectivity index (χ2n) is 7.17. The number of fused-ring (bicyclic) bond motifs is 1. The van der Waals surface area contributed by atoms with E-state index >= 15 is 0 Å². The summed E-state index contributed by atoms with van der Waals surface area (Å²) in [4.78, 5) is 18.3. The molecule has 1 heterocycles. The Labute approximate surface area is 161 Å². The number of piperidine rings is 1. The van der Waals surface area contributed by atoms with E-state index in [9.17, 15) is 4.79 Å².